The molecule has 0 heterocycles. The SMILES string of the molecule is C=CCCCCCCCC(=O)OCC(COC(=O)CCCCCCCC=CCC=CCCCCC)OC(=O)CCCCCCCCCCCCCCC. The third-order valence-electron chi connectivity index (χ3n) is 9.76. The molecule has 0 bridgehead atoms. The second kappa shape index (κ2) is 42.4. The highest BCUT2D eigenvalue weighted by atomic mass is 16.6. The number of rotatable bonds is 41. The molecule has 0 spiro atoms. The van der Waals surface area contributed by atoms with Crippen molar-refractivity contribution in [1.82, 2.24) is 0 Å². The Bertz CT molecular complexity index is 893. The van der Waals surface area contributed by atoms with Crippen molar-refractivity contribution in [2.75, 3.05) is 13.2 Å². The molecule has 0 aliphatic heterocycles. The van der Waals surface area contributed by atoms with Gasteiger partial charge in [-0.1, -0.05) is 173 Å². The maximum absolute atomic E-state index is 12.7. The molecule has 0 radical (unpaired) electrons. The van der Waals surface area contributed by atoms with E-state index in [4.69, 9.17) is 14.2 Å². The van der Waals surface area contributed by atoms with Crippen LogP contribution in [-0.2, 0) is 28.6 Å². The number of allylic oxidation sites excluding steroid dienone is 5. The molecular formula is C47H84O6. The van der Waals surface area contributed by atoms with Crippen LogP contribution in [0.1, 0.15) is 226 Å². The molecule has 0 aromatic heterocycles. The number of carbonyl (C=O) groups excluding carboxylic acids is 3. The first kappa shape index (κ1) is 50.6. The Labute approximate surface area is 327 Å². The Balaban J connectivity index is 4.31. The summed E-state index contributed by atoms with van der Waals surface area (Å²) in [6.07, 6.45) is 46.0. The largest absolute Gasteiger partial charge is 0.462 e. The smallest absolute Gasteiger partial charge is 0.306 e. The molecular weight excluding hydrogens is 661 g/mol. The minimum atomic E-state index is -0.777. The molecule has 0 saturated heterocycles. The predicted molar refractivity (Wildman–Crippen MR) is 224 cm³/mol. The predicted octanol–water partition coefficient (Wildman–Crippen LogP) is 14.2. The van der Waals surface area contributed by atoms with Crippen molar-refractivity contribution in [3.05, 3.63) is 37.0 Å². The Morgan fingerprint density at radius 2 is 0.774 bits per heavy atom. The first-order valence-electron chi connectivity index (χ1n) is 22.4. The molecule has 308 valence electrons. The lowest BCUT2D eigenvalue weighted by Gasteiger charge is -2.18. The van der Waals surface area contributed by atoms with Crippen molar-refractivity contribution in [3.63, 3.8) is 0 Å². The van der Waals surface area contributed by atoms with E-state index in [2.05, 4.69) is 44.7 Å². The van der Waals surface area contributed by atoms with E-state index in [-0.39, 0.29) is 31.1 Å². The van der Waals surface area contributed by atoms with Gasteiger partial charge in [-0.2, -0.15) is 0 Å². The molecule has 0 saturated carbocycles. The van der Waals surface area contributed by atoms with E-state index >= 15 is 0 Å². The number of ether oxygens (including phenoxy) is 3. The second-order valence-electron chi connectivity index (χ2n) is 15.0. The van der Waals surface area contributed by atoms with E-state index in [0.29, 0.717) is 19.3 Å². The van der Waals surface area contributed by atoms with Gasteiger partial charge in [0.05, 0.1) is 0 Å². The lowest BCUT2D eigenvalue weighted by atomic mass is 10.0. The van der Waals surface area contributed by atoms with Gasteiger partial charge in [0, 0.05) is 19.3 Å². The maximum atomic E-state index is 12.7. The average Bonchev–Trinajstić information content (AvgIpc) is 3.15. The minimum absolute atomic E-state index is 0.0833. The zero-order valence-electron chi connectivity index (χ0n) is 34.9. The lowest BCUT2D eigenvalue weighted by molar-refractivity contribution is -0.167. The fourth-order valence-electron chi connectivity index (χ4n) is 6.33. The maximum Gasteiger partial charge on any atom is 0.306 e. The number of esters is 3. The van der Waals surface area contributed by atoms with Crippen LogP contribution < -0.4 is 0 Å². The highest BCUT2D eigenvalue weighted by molar-refractivity contribution is 5.71. The van der Waals surface area contributed by atoms with E-state index in [0.717, 1.165) is 96.3 Å². The summed E-state index contributed by atoms with van der Waals surface area (Å²) in [7, 11) is 0. The third-order valence-corrected chi connectivity index (χ3v) is 9.76. The number of hydrogen-bond donors (Lipinski definition) is 0. The van der Waals surface area contributed by atoms with Gasteiger partial charge in [0.15, 0.2) is 6.10 Å². The fraction of sp³-hybridized carbons (Fsp3) is 0.809. The normalized spacial score (nSPS) is 12.0. The summed E-state index contributed by atoms with van der Waals surface area (Å²) in [5.74, 6) is -0.917. The highest BCUT2D eigenvalue weighted by Crippen LogP contribution is 2.15. The van der Waals surface area contributed by atoms with E-state index in [1.165, 1.54) is 96.3 Å². The molecule has 0 aromatic carbocycles. The van der Waals surface area contributed by atoms with Crippen molar-refractivity contribution >= 4 is 17.9 Å². The van der Waals surface area contributed by atoms with E-state index in [1.807, 2.05) is 6.08 Å². The topological polar surface area (TPSA) is 78.9 Å². The zero-order valence-corrected chi connectivity index (χ0v) is 34.9. The summed E-state index contributed by atoms with van der Waals surface area (Å²) in [5, 5.41) is 0. The summed E-state index contributed by atoms with van der Waals surface area (Å²) in [5.41, 5.74) is 0. The van der Waals surface area contributed by atoms with Gasteiger partial charge in [-0.3, -0.25) is 14.4 Å². The molecule has 0 N–H and O–H groups in total. The number of carbonyl (C=O) groups is 3. The van der Waals surface area contributed by atoms with Crippen LogP contribution in [0, 0.1) is 0 Å². The second-order valence-corrected chi connectivity index (χ2v) is 15.0. The van der Waals surface area contributed by atoms with Gasteiger partial charge < -0.3 is 14.2 Å². The quantitative estimate of drug-likeness (QED) is 0.0268. The van der Waals surface area contributed by atoms with Gasteiger partial charge in [0.1, 0.15) is 13.2 Å². The lowest BCUT2D eigenvalue weighted by Crippen LogP contribution is -2.30. The van der Waals surface area contributed by atoms with Crippen molar-refractivity contribution in [3.8, 4) is 0 Å². The average molecular weight is 745 g/mol. The standard InChI is InChI=1S/C47H84O6/c1-4-7-10-13-16-18-20-22-23-25-26-28-31-34-37-40-46(49)52-43-44(42-51-45(48)39-36-33-30-15-12-9-6-3)53-47(50)41-38-35-32-29-27-24-21-19-17-14-11-8-5-2/h6,16,18,22-23,44H,3-5,7-15,17,19-21,24-43H2,1-2H3. The molecule has 6 nitrogen and oxygen atoms in total. The van der Waals surface area contributed by atoms with Crippen LogP contribution in [0.15, 0.2) is 37.0 Å². The molecule has 0 rings (SSSR count). The fourth-order valence-corrected chi connectivity index (χ4v) is 6.33. The highest BCUT2D eigenvalue weighted by Gasteiger charge is 2.19. The molecule has 0 amide bonds. The molecule has 0 fully saturated rings. The van der Waals surface area contributed by atoms with Gasteiger partial charge in [-0.25, -0.2) is 0 Å². The molecule has 0 aromatic rings. The molecule has 0 aliphatic rings. The van der Waals surface area contributed by atoms with Crippen LogP contribution in [0.25, 0.3) is 0 Å². The van der Waals surface area contributed by atoms with Gasteiger partial charge in [-0.05, 0) is 64.2 Å². The summed E-state index contributed by atoms with van der Waals surface area (Å²) in [4.78, 5) is 37.6. The summed E-state index contributed by atoms with van der Waals surface area (Å²) in [6.45, 7) is 8.08. The number of hydrogen-bond acceptors (Lipinski definition) is 6. The van der Waals surface area contributed by atoms with Crippen LogP contribution in [0.3, 0.4) is 0 Å². The van der Waals surface area contributed by atoms with Crippen LogP contribution >= 0.6 is 0 Å². The van der Waals surface area contributed by atoms with Gasteiger partial charge in [0.25, 0.3) is 0 Å². The van der Waals surface area contributed by atoms with Crippen molar-refractivity contribution in [1.29, 1.82) is 0 Å². The van der Waals surface area contributed by atoms with Crippen LogP contribution in [0.2, 0.25) is 0 Å². The van der Waals surface area contributed by atoms with E-state index < -0.39 is 6.10 Å². The van der Waals surface area contributed by atoms with E-state index in [1.54, 1.807) is 0 Å². The van der Waals surface area contributed by atoms with Crippen molar-refractivity contribution in [2.24, 2.45) is 0 Å². The van der Waals surface area contributed by atoms with Crippen LogP contribution in [0.4, 0.5) is 0 Å². The van der Waals surface area contributed by atoms with Crippen molar-refractivity contribution in [2.45, 2.75) is 232 Å². The first-order valence-corrected chi connectivity index (χ1v) is 22.4. The molecule has 1 unspecified atom stereocenters. The van der Waals surface area contributed by atoms with Gasteiger partial charge in [-0.15, -0.1) is 6.58 Å². The summed E-state index contributed by atoms with van der Waals surface area (Å²) >= 11 is 0. The number of unbranched alkanes of at least 4 members (excludes halogenated alkanes) is 25. The summed E-state index contributed by atoms with van der Waals surface area (Å²) in [6, 6.07) is 0. The van der Waals surface area contributed by atoms with Gasteiger partial charge in [0.2, 0.25) is 0 Å². The molecule has 53 heavy (non-hydrogen) atoms. The van der Waals surface area contributed by atoms with Crippen LogP contribution in [0.5, 0.6) is 0 Å². The monoisotopic (exact) mass is 745 g/mol. The summed E-state index contributed by atoms with van der Waals surface area (Å²) < 4.78 is 16.6. The minimum Gasteiger partial charge on any atom is -0.462 e. The first-order chi connectivity index (χ1) is 26.0. The Morgan fingerprint density at radius 1 is 0.434 bits per heavy atom. The molecule has 0 aliphatic carbocycles. The van der Waals surface area contributed by atoms with E-state index in [9.17, 15) is 14.4 Å². The van der Waals surface area contributed by atoms with Gasteiger partial charge >= 0.3 is 17.9 Å². The Morgan fingerprint density at radius 3 is 1.21 bits per heavy atom. The Kier molecular flexibility index (Phi) is 40.5. The molecule has 6 heteroatoms. The Hall–Kier alpha value is -2.37. The van der Waals surface area contributed by atoms with Crippen LogP contribution in [-0.4, -0.2) is 37.2 Å². The third kappa shape index (κ3) is 40.6. The molecule has 1 atom stereocenters. The zero-order chi connectivity index (χ0) is 38.7. The van der Waals surface area contributed by atoms with Crippen molar-refractivity contribution < 1.29 is 28.6 Å².